The van der Waals surface area contributed by atoms with Crippen molar-refractivity contribution in [2.75, 3.05) is 5.73 Å². The highest BCUT2D eigenvalue weighted by Crippen LogP contribution is 2.39. The van der Waals surface area contributed by atoms with Gasteiger partial charge in [0, 0.05) is 5.69 Å². The van der Waals surface area contributed by atoms with E-state index in [1.807, 2.05) is 13.0 Å². The van der Waals surface area contributed by atoms with Crippen molar-refractivity contribution in [2.24, 2.45) is 0 Å². The van der Waals surface area contributed by atoms with Gasteiger partial charge in [0.15, 0.2) is 5.75 Å². The maximum Gasteiger partial charge on any atom is 0.164 e. The van der Waals surface area contributed by atoms with Gasteiger partial charge in [-0.05, 0) is 41.7 Å². The highest BCUT2D eigenvalue weighted by Gasteiger charge is 2.16. The lowest BCUT2D eigenvalue weighted by Crippen LogP contribution is -2.11. The van der Waals surface area contributed by atoms with E-state index in [-0.39, 0.29) is 5.41 Å². The van der Waals surface area contributed by atoms with Gasteiger partial charge in [-0.1, -0.05) is 56.1 Å². The molecule has 0 aliphatic rings. The second-order valence-corrected chi connectivity index (χ2v) is 6.96. The van der Waals surface area contributed by atoms with Crippen LogP contribution in [0.15, 0.2) is 30.3 Å². The minimum absolute atomic E-state index is 0.0970. The molecule has 21 heavy (non-hydrogen) atoms. The third-order valence-corrected chi connectivity index (χ3v) is 3.84. The largest absolute Gasteiger partial charge is 0.454 e. The van der Waals surface area contributed by atoms with Crippen LogP contribution in [0.3, 0.4) is 0 Å². The first-order valence-corrected chi connectivity index (χ1v) is 7.47. The quantitative estimate of drug-likeness (QED) is 0.690. The first kappa shape index (κ1) is 16.0. The van der Waals surface area contributed by atoms with Crippen LogP contribution in [0.2, 0.25) is 10.0 Å². The van der Waals surface area contributed by atoms with E-state index in [0.29, 0.717) is 21.5 Å². The summed E-state index contributed by atoms with van der Waals surface area (Å²) in [6.45, 7) is 8.53. The molecule has 0 radical (unpaired) electrons. The van der Waals surface area contributed by atoms with Crippen molar-refractivity contribution in [2.45, 2.75) is 33.1 Å². The summed E-state index contributed by atoms with van der Waals surface area (Å²) in [7, 11) is 0. The van der Waals surface area contributed by atoms with Gasteiger partial charge in [0.25, 0.3) is 0 Å². The Bertz CT molecular complexity index is 652. The Morgan fingerprint density at radius 1 is 1.00 bits per heavy atom. The molecule has 0 saturated carbocycles. The van der Waals surface area contributed by atoms with E-state index >= 15 is 0 Å². The van der Waals surface area contributed by atoms with E-state index < -0.39 is 0 Å². The zero-order valence-corrected chi connectivity index (χ0v) is 14.1. The first-order valence-electron chi connectivity index (χ1n) is 6.72. The van der Waals surface area contributed by atoms with E-state index in [0.717, 1.165) is 11.3 Å². The number of aryl methyl sites for hydroxylation is 1. The lowest BCUT2D eigenvalue weighted by atomic mass is 9.86. The van der Waals surface area contributed by atoms with Crippen molar-refractivity contribution in [1.29, 1.82) is 0 Å². The van der Waals surface area contributed by atoms with Crippen LogP contribution in [0.1, 0.15) is 31.9 Å². The maximum atomic E-state index is 6.15. The molecule has 0 amide bonds. The second kappa shape index (κ2) is 5.78. The number of halogens is 2. The van der Waals surface area contributed by atoms with Crippen molar-refractivity contribution in [3.8, 4) is 11.5 Å². The van der Waals surface area contributed by atoms with Crippen LogP contribution in [-0.4, -0.2) is 0 Å². The van der Waals surface area contributed by atoms with Crippen LogP contribution in [0.4, 0.5) is 5.69 Å². The zero-order chi connectivity index (χ0) is 15.8. The number of hydrogen-bond donors (Lipinski definition) is 1. The average molecular weight is 324 g/mol. The van der Waals surface area contributed by atoms with Gasteiger partial charge in [0.2, 0.25) is 0 Å². The average Bonchev–Trinajstić information content (AvgIpc) is 2.33. The molecule has 0 unspecified atom stereocenters. The zero-order valence-electron chi connectivity index (χ0n) is 12.6. The van der Waals surface area contributed by atoms with Crippen LogP contribution < -0.4 is 10.5 Å². The molecular weight excluding hydrogens is 305 g/mol. The standard InChI is InChI=1S/C17H19Cl2NO/c1-10-7-11(17(2,3)4)5-6-15(10)21-16-13(18)8-12(20)9-14(16)19/h5-9H,20H2,1-4H3. The third kappa shape index (κ3) is 3.63. The topological polar surface area (TPSA) is 35.2 Å². The molecule has 112 valence electrons. The van der Waals surface area contributed by atoms with Crippen molar-refractivity contribution in [3.63, 3.8) is 0 Å². The Balaban J connectivity index is 2.37. The van der Waals surface area contributed by atoms with Gasteiger partial charge in [-0.2, -0.15) is 0 Å². The Morgan fingerprint density at radius 3 is 2.05 bits per heavy atom. The summed E-state index contributed by atoms with van der Waals surface area (Å²) >= 11 is 12.3. The van der Waals surface area contributed by atoms with E-state index in [9.17, 15) is 0 Å². The van der Waals surface area contributed by atoms with Crippen LogP contribution >= 0.6 is 23.2 Å². The predicted octanol–water partition coefficient (Wildman–Crippen LogP) is 5.97. The highest BCUT2D eigenvalue weighted by molar-refractivity contribution is 6.37. The van der Waals surface area contributed by atoms with Crippen LogP contribution in [0.25, 0.3) is 0 Å². The molecule has 2 N–H and O–H groups in total. The normalized spacial score (nSPS) is 11.5. The van der Waals surface area contributed by atoms with Gasteiger partial charge in [0.1, 0.15) is 5.75 Å². The van der Waals surface area contributed by atoms with Gasteiger partial charge >= 0.3 is 0 Å². The molecule has 0 aliphatic carbocycles. The smallest absolute Gasteiger partial charge is 0.164 e. The Morgan fingerprint density at radius 2 is 1.57 bits per heavy atom. The molecule has 0 aromatic heterocycles. The summed E-state index contributed by atoms with van der Waals surface area (Å²) in [5.74, 6) is 1.16. The fourth-order valence-corrected chi connectivity index (χ4v) is 2.60. The van der Waals surface area contributed by atoms with Gasteiger partial charge in [-0.25, -0.2) is 0 Å². The number of ether oxygens (including phenoxy) is 1. The number of benzene rings is 2. The molecule has 2 aromatic carbocycles. The van der Waals surface area contributed by atoms with E-state index in [1.54, 1.807) is 12.1 Å². The van der Waals surface area contributed by atoms with Crippen LogP contribution in [-0.2, 0) is 5.41 Å². The van der Waals surface area contributed by atoms with Crippen molar-refractivity contribution >= 4 is 28.9 Å². The van der Waals surface area contributed by atoms with Gasteiger partial charge in [0.05, 0.1) is 10.0 Å². The lowest BCUT2D eigenvalue weighted by molar-refractivity contribution is 0.478. The van der Waals surface area contributed by atoms with Gasteiger partial charge in [-0.3, -0.25) is 0 Å². The van der Waals surface area contributed by atoms with Crippen LogP contribution in [0, 0.1) is 6.92 Å². The molecule has 0 heterocycles. The second-order valence-electron chi connectivity index (χ2n) is 6.15. The van der Waals surface area contributed by atoms with Crippen molar-refractivity contribution < 1.29 is 4.74 Å². The van der Waals surface area contributed by atoms with Crippen molar-refractivity contribution in [3.05, 3.63) is 51.5 Å². The van der Waals surface area contributed by atoms with Gasteiger partial charge < -0.3 is 10.5 Å². The number of nitrogens with two attached hydrogens (primary N) is 1. The molecular formula is C17H19Cl2NO. The summed E-state index contributed by atoms with van der Waals surface area (Å²) in [4.78, 5) is 0. The van der Waals surface area contributed by atoms with E-state index in [4.69, 9.17) is 33.7 Å². The monoisotopic (exact) mass is 323 g/mol. The molecule has 0 saturated heterocycles. The molecule has 2 nitrogen and oxygen atoms in total. The molecule has 0 spiro atoms. The fraction of sp³-hybridized carbons (Fsp3) is 0.294. The summed E-state index contributed by atoms with van der Waals surface area (Å²) in [6.07, 6.45) is 0. The Kier molecular flexibility index (Phi) is 4.40. The molecule has 0 fully saturated rings. The van der Waals surface area contributed by atoms with E-state index in [2.05, 4.69) is 32.9 Å². The molecule has 4 heteroatoms. The van der Waals surface area contributed by atoms with E-state index in [1.165, 1.54) is 5.56 Å². The first-order chi connectivity index (χ1) is 9.68. The SMILES string of the molecule is Cc1cc(C(C)(C)C)ccc1Oc1c(Cl)cc(N)cc1Cl. The summed E-state index contributed by atoms with van der Waals surface area (Å²) in [5.41, 5.74) is 8.59. The number of rotatable bonds is 2. The molecule has 2 rings (SSSR count). The molecule has 0 atom stereocenters. The van der Waals surface area contributed by atoms with Gasteiger partial charge in [-0.15, -0.1) is 0 Å². The number of hydrogen-bond acceptors (Lipinski definition) is 2. The highest BCUT2D eigenvalue weighted by atomic mass is 35.5. The summed E-state index contributed by atoms with van der Waals surface area (Å²) in [6, 6.07) is 9.37. The minimum Gasteiger partial charge on any atom is -0.454 e. The summed E-state index contributed by atoms with van der Waals surface area (Å²) < 4.78 is 5.87. The Labute approximate surface area is 135 Å². The third-order valence-electron chi connectivity index (χ3n) is 3.27. The van der Waals surface area contributed by atoms with Crippen LogP contribution in [0.5, 0.6) is 11.5 Å². The minimum atomic E-state index is 0.0970. The summed E-state index contributed by atoms with van der Waals surface area (Å²) in [5, 5.41) is 0.804. The predicted molar refractivity (Wildman–Crippen MR) is 90.8 cm³/mol. The molecule has 2 aromatic rings. The molecule has 0 aliphatic heterocycles. The Hall–Kier alpha value is -1.38. The fourth-order valence-electron chi connectivity index (χ4n) is 2.02. The van der Waals surface area contributed by atoms with Crippen molar-refractivity contribution in [1.82, 2.24) is 0 Å². The molecule has 0 bridgehead atoms. The number of nitrogen functional groups attached to an aromatic ring is 1. The lowest BCUT2D eigenvalue weighted by Gasteiger charge is -2.21. The maximum absolute atomic E-state index is 6.15. The number of anilines is 1.